The first kappa shape index (κ1) is 16.7. The fourth-order valence-electron chi connectivity index (χ4n) is 3.00. The monoisotopic (exact) mass is 384 g/mol. The molecular weight excluding hydrogens is 367 g/mol. The molecule has 0 aromatic heterocycles. The predicted molar refractivity (Wildman–Crippen MR) is 100 cm³/mol. The summed E-state index contributed by atoms with van der Waals surface area (Å²) in [5.41, 5.74) is 3.74. The molecule has 1 saturated heterocycles. The van der Waals surface area contributed by atoms with E-state index in [2.05, 4.69) is 26.9 Å². The summed E-state index contributed by atoms with van der Waals surface area (Å²) < 4.78 is 15.5. The van der Waals surface area contributed by atoms with E-state index in [1.165, 1.54) is 0 Å². The highest BCUT2D eigenvalue weighted by atomic mass is 79.9. The largest absolute Gasteiger partial charge is 0.369 e. The Labute approximate surface area is 150 Å². The molecule has 2 aromatic rings. The molecule has 0 N–H and O–H groups in total. The summed E-state index contributed by atoms with van der Waals surface area (Å²) in [6.45, 7) is 3.78. The maximum atomic E-state index is 14.5. The van der Waals surface area contributed by atoms with Gasteiger partial charge in [-0.05, 0) is 66.8 Å². The van der Waals surface area contributed by atoms with Crippen molar-refractivity contribution in [2.75, 3.05) is 18.0 Å². The van der Waals surface area contributed by atoms with Gasteiger partial charge in [-0.3, -0.25) is 0 Å². The molecule has 0 radical (unpaired) electrons. The first-order valence-electron chi connectivity index (χ1n) is 8.01. The molecule has 1 aliphatic rings. The third-order valence-corrected chi connectivity index (χ3v) is 4.89. The lowest BCUT2D eigenvalue weighted by atomic mass is 10.0. The molecule has 0 amide bonds. The van der Waals surface area contributed by atoms with E-state index in [-0.39, 0.29) is 5.82 Å². The van der Waals surface area contributed by atoms with E-state index < -0.39 is 0 Å². The quantitative estimate of drug-likeness (QED) is 0.511. The Bertz CT molecular complexity index is 813. The molecule has 2 aromatic carbocycles. The van der Waals surface area contributed by atoms with Gasteiger partial charge < -0.3 is 4.90 Å². The van der Waals surface area contributed by atoms with E-state index in [4.69, 9.17) is 0 Å². The van der Waals surface area contributed by atoms with Crippen molar-refractivity contribution in [3.63, 3.8) is 0 Å². The average Bonchev–Trinajstić information content (AvgIpc) is 3.10. The summed E-state index contributed by atoms with van der Waals surface area (Å²) in [6, 6.07) is 13.2. The smallest absolute Gasteiger partial charge is 0.147 e. The summed E-state index contributed by atoms with van der Waals surface area (Å²) in [7, 11) is 0. The summed E-state index contributed by atoms with van der Waals surface area (Å²) >= 11 is 3.39. The molecule has 0 unspecified atom stereocenters. The summed E-state index contributed by atoms with van der Waals surface area (Å²) in [5, 5.41) is 9.47. The van der Waals surface area contributed by atoms with Gasteiger partial charge in [-0.1, -0.05) is 28.1 Å². The van der Waals surface area contributed by atoms with E-state index in [1.54, 1.807) is 12.1 Å². The zero-order valence-electron chi connectivity index (χ0n) is 13.5. The topological polar surface area (TPSA) is 27.0 Å². The summed E-state index contributed by atoms with van der Waals surface area (Å²) in [6.07, 6.45) is 3.99. The van der Waals surface area contributed by atoms with Gasteiger partial charge in [-0.15, -0.1) is 0 Å². The number of nitriles is 1. The standard InChI is InChI=1S/C20H18BrFN2/c1-14-10-20(24-8-2-3-9-24)19(22)12-16(14)11-17(13-23)15-4-6-18(21)7-5-15/h4-7,10-12H,2-3,8-9H2,1H3. The zero-order valence-corrected chi connectivity index (χ0v) is 15.1. The minimum atomic E-state index is -0.221. The third kappa shape index (κ3) is 3.52. The molecule has 24 heavy (non-hydrogen) atoms. The van der Waals surface area contributed by atoms with E-state index in [9.17, 15) is 9.65 Å². The zero-order chi connectivity index (χ0) is 17.1. The lowest BCUT2D eigenvalue weighted by Gasteiger charge is -2.19. The molecule has 0 saturated carbocycles. The van der Waals surface area contributed by atoms with Crippen molar-refractivity contribution in [3.8, 4) is 6.07 Å². The molecule has 0 spiro atoms. The van der Waals surface area contributed by atoms with Crippen LogP contribution in [0.15, 0.2) is 40.9 Å². The van der Waals surface area contributed by atoms with Crippen molar-refractivity contribution in [1.29, 1.82) is 5.26 Å². The first-order valence-corrected chi connectivity index (χ1v) is 8.80. The molecule has 0 aliphatic carbocycles. The Morgan fingerprint density at radius 3 is 2.50 bits per heavy atom. The van der Waals surface area contributed by atoms with Gasteiger partial charge in [0.15, 0.2) is 0 Å². The van der Waals surface area contributed by atoms with Gasteiger partial charge in [0, 0.05) is 17.6 Å². The van der Waals surface area contributed by atoms with Gasteiger partial charge in [0.1, 0.15) is 5.82 Å². The van der Waals surface area contributed by atoms with Crippen LogP contribution in [-0.4, -0.2) is 13.1 Å². The van der Waals surface area contributed by atoms with E-state index in [0.717, 1.165) is 47.1 Å². The second-order valence-electron chi connectivity index (χ2n) is 6.03. The second kappa shape index (κ2) is 7.19. The third-order valence-electron chi connectivity index (χ3n) is 4.36. The Morgan fingerprint density at radius 1 is 1.21 bits per heavy atom. The highest BCUT2D eigenvalue weighted by molar-refractivity contribution is 9.10. The molecule has 2 nitrogen and oxygen atoms in total. The van der Waals surface area contributed by atoms with Crippen molar-refractivity contribution in [3.05, 3.63) is 63.4 Å². The number of hydrogen-bond donors (Lipinski definition) is 0. The molecule has 1 heterocycles. The number of allylic oxidation sites excluding steroid dienone is 1. The van der Waals surface area contributed by atoms with Crippen LogP contribution in [0.5, 0.6) is 0 Å². The maximum absolute atomic E-state index is 14.5. The Kier molecular flexibility index (Phi) is 5.01. The van der Waals surface area contributed by atoms with E-state index in [0.29, 0.717) is 11.3 Å². The van der Waals surface area contributed by atoms with Gasteiger partial charge in [-0.25, -0.2) is 4.39 Å². The van der Waals surface area contributed by atoms with Gasteiger partial charge in [0.05, 0.1) is 17.3 Å². The maximum Gasteiger partial charge on any atom is 0.147 e. The average molecular weight is 385 g/mol. The fraction of sp³-hybridized carbons (Fsp3) is 0.250. The van der Waals surface area contributed by atoms with E-state index in [1.807, 2.05) is 37.3 Å². The number of hydrogen-bond acceptors (Lipinski definition) is 2. The van der Waals surface area contributed by atoms with Crippen LogP contribution in [-0.2, 0) is 0 Å². The second-order valence-corrected chi connectivity index (χ2v) is 6.95. The highest BCUT2D eigenvalue weighted by Gasteiger charge is 2.17. The van der Waals surface area contributed by atoms with Crippen molar-refractivity contribution in [2.45, 2.75) is 19.8 Å². The number of nitrogens with zero attached hydrogens (tertiary/aromatic N) is 2. The molecular formula is C20H18BrFN2. The van der Waals surface area contributed by atoms with Crippen LogP contribution in [0.25, 0.3) is 11.6 Å². The number of rotatable bonds is 3. The van der Waals surface area contributed by atoms with Crippen molar-refractivity contribution in [1.82, 2.24) is 0 Å². The van der Waals surface area contributed by atoms with Crippen LogP contribution in [0.4, 0.5) is 10.1 Å². The minimum Gasteiger partial charge on any atom is -0.369 e. The first-order chi connectivity index (χ1) is 11.6. The van der Waals surface area contributed by atoms with Gasteiger partial charge >= 0.3 is 0 Å². The van der Waals surface area contributed by atoms with Crippen LogP contribution in [0, 0.1) is 24.1 Å². The summed E-state index contributed by atoms with van der Waals surface area (Å²) in [4.78, 5) is 2.09. The van der Waals surface area contributed by atoms with Gasteiger partial charge in [0.25, 0.3) is 0 Å². The lowest BCUT2D eigenvalue weighted by Crippen LogP contribution is -2.19. The molecule has 122 valence electrons. The van der Waals surface area contributed by atoms with Gasteiger partial charge in [0.2, 0.25) is 0 Å². The normalized spacial score (nSPS) is 14.8. The van der Waals surface area contributed by atoms with Crippen LogP contribution in [0.1, 0.15) is 29.5 Å². The Hall–Kier alpha value is -2.12. The molecule has 0 atom stereocenters. The lowest BCUT2D eigenvalue weighted by molar-refractivity contribution is 0.622. The molecule has 3 rings (SSSR count). The molecule has 1 aliphatic heterocycles. The molecule has 0 bridgehead atoms. The van der Waals surface area contributed by atoms with Crippen molar-refractivity contribution < 1.29 is 4.39 Å². The van der Waals surface area contributed by atoms with E-state index >= 15 is 0 Å². The van der Waals surface area contributed by atoms with Crippen molar-refractivity contribution >= 4 is 33.3 Å². The fourth-order valence-corrected chi connectivity index (χ4v) is 3.27. The summed E-state index contributed by atoms with van der Waals surface area (Å²) in [5.74, 6) is -0.221. The number of anilines is 1. The molecule has 1 fully saturated rings. The highest BCUT2D eigenvalue weighted by Crippen LogP contribution is 2.29. The minimum absolute atomic E-state index is 0.221. The van der Waals surface area contributed by atoms with Gasteiger partial charge in [-0.2, -0.15) is 5.26 Å². The Balaban J connectivity index is 1.97. The number of aryl methyl sites for hydroxylation is 1. The predicted octanol–water partition coefficient (Wildman–Crippen LogP) is 5.56. The SMILES string of the molecule is Cc1cc(N2CCCC2)c(F)cc1C=C(C#N)c1ccc(Br)cc1. The van der Waals surface area contributed by atoms with Crippen LogP contribution in [0.2, 0.25) is 0 Å². The Morgan fingerprint density at radius 2 is 1.88 bits per heavy atom. The molecule has 4 heteroatoms. The number of benzene rings is 2. The van der Waals surface area contributed by atoms with Crippen LogP contribution in [0.3, 0.4) is 0 Å². The van der Waals surface area contributed by atoms with Crippen molar-refractivity contribution in [2.24, 2.45) is 0 Å². The van der Waals surface area contributed by atoms with Crippen LogP contribution < -0.4 is 4.90 Å². The number of halogens is 2. The van der Waals surface area contributed by atoms with Crippen LogP contribution >= 0.6 is 15.9 Å².